The van der Waals surface area contributed by atoms with Crippen LogP contribution >= 0.6 is 34.8 Å². The van der Waals surface area contributed by atoms with Crippen LogP contribution in [0.2, 0.25) is 15.2 Å². The van der Waals surface area contributed by atoms with Crippen LogP contribution in [0.5, 0.6) is 0 Å². The maximum Gasteiger partial charge on any atom is 0.292 e. The first-order chi connectivity index (χ1) is 6.13. The van der Waals surface area contributed by atoms with E-state index in [2.05, 4.69) is 9.72 Å². The van der Waals surface area contributed by atoms with Crippen LogP contribution in [0.25, 0.3) is 0 Å². The van der Waals surface area contributed by atoms with Gasteiger partial charge in [0.15, 0.2) is 0 Å². The Morgan fingerprint density at radius 3 is 2.31 bits per heavy atom. The molecule has 0 unspecified atom stereocenters. The van der Waals surface area contributed by atoms with E-state index in [9.17, 15) is 0 Å². The predicted octanol–water partition coefficient (Wildman–Crippen LogP) is 2.83. The van der Waals surface area contributed by atoms with E-state index in [1.807, 2.05) is 0 Å². The zero-order valence-corrected chi connectivity index (χ0v) is 8.90. The molecule has 0 amide bonds. The first kappa shape index (κ1) is 12.5. The number of carbonyl (C=O) groups is 1. The highest BCUT2D eigenvalue weighted by Gasteiger charge is 2.00. The Bertz CT molecular complexity index is 260. The minimum atomic E-state index is 0.240. The Morgan fingerprint density at radius 1 is 1.46 bits per heavy atom. The fourth-order valence-electron chi connectivity index (χ4n) is 0.397. The lowest BCUT2D eigenvalue weighted by Crippen LogP contribution is -1.74. The van der Waals surface area contributed by atoms with Crippen molar-refractivity contribution >= 4 is 41.3 Å². The minimum Gasteiger partial charge on any atom is -0.471 e. The van der Waals surface area contributed by atoms with E-state index in [0.717, 1.165) is 0 Å². The summed E-state index contributed by atoms with van der Waals surface area (Å²) in [5.41, 5.74) is 0. The molecule has 6 heteroatoms. The number of nitrogens with zero attached hydrogens (tertiary/aromatic N) is 1. The number of carbonyl (C=O) groups excluding carboxylic acids is 1. The molecule has 13 heavy (non-hydrogen) atoms. The number of hydrogen-bond donors (Lipinski definition) is 0. The lowest BCUT2D eigenvalue weighted by molar-refractivity contribution is -0.126. The number of rotatable bonds is 1. The molecule has 3 nitrogen and oxygen atoms in total. The molecule has 1 aromatic rings. The topological polar surface area (TPSA) is 39.2 Å². The average molecular weight is 242 g/mol. The van der Waals surface area contributed by atoms with Crippen LogP contribution in [0.15, 0.2) is 12.3 Å². The van der Waals surface area contributed by atoms with Gasteiger partial charge in [0.2, 0.25) is 0 Å². The minimum absolute atomic E-state index is 0.240. The van der Waals surface area contributed by atoms with Crippen LogP contribution in [-0.4, -0.2) is 18.6 Å². The van der Waals surface area contributed by atoms with Crippen molar-refractivity contribution in [2.24, 2.45) is 0 Å². The number of hydrogen-bond acceptors (Lipinski definition) is 3. The summed E-state index contributed by atoms with van der Waals surface area (Å²) in [6.45, 7) is 0.375. The van der Waals surface area contributed by atoms with Crippen LogP contribution in [-0.2, 0) is 9.53 Å². The third-order valence-corrected chi connectivity index (χ3v) is 2.07. The Hall–Kier alpha value is -0.510. The maximum atomic E-state index is 8.95. The highest BCUT2D eigenvalue weighted by atomic mass is 35.5. The summed E-state index contributed by atoms with van der Waals surface area (Å²) in [5, 5.41) is 0.974. The number of aromatic nitrogens is 1. The van der Waals surface area contributed by atoms with Gasteiger partial charge < -0.3 is 4.74 Å². The van der Waals surface area contributed by atoms with Crippen molar-refractivity contribution in [3.8, 4) is 0 Å². The van der Waals surface area contributed by atoms with Crippen LogP contribution in [0, 0.1) is 0 Å². The molecule has 1 heterocycles. The molecule has 0 aliphatic rings. The van der Waals surface area contributed by atoms with Crippen molar-refractivity contribution in [1.29, 1.82) is 0 Å². The van der Waals surface area contributed by atoms with Crippen LogP contribution in [0.3, 0.4) is 0 Å². The van der Waals surface area contributed by atoms with Gasteiger partial charge in [-0.05, 0) is 6.07 Å². The monoisotopic (exact) mass is 241 g/mol. The van der Waals surface area contributed by atoms with E-state index in [1.54, 1.807) is 6.07 Å². The quantitative estimate of drug-likeness (QED) is 0.561. The Kier molecular flexibility index (Phi) is 6.68. The summed E-state index contributed by atoms with van der Waals surface area (Å²) in [7, 11) is 1.31. The van der Waals surface area contributed by atoms with Crippen molar-refractivity contribution in [3.05, 3.63) is 27.5 Å². The van der Waals surface area contributed by atoms with Crippen LogP contribution in [0.4, 0.5) is 0 Å². The molecular weight excluding hydrogens is 236 g/mol. The number of halogens is 3. The summed E-state index contributed by atoms with van der Waals surface area (Å²) < 4.78 is 3.86. The molecule has 72 valence electrons. The molecule has 0 aromatic carbocycles. The van der Waals surface area contributed by atoms with E-state index in [-0.39, 0.29) is 5.15 Å². The predicted molar refractivity (Wildman–Crippen MR) is 52.3 cm³/mol. The first-order valence-electron chi connectivity index (χ1n) is 3.05. The fourth-order valence-corrected chi connectivity index (χ4v) is 0.861. The second kappa shape index (κ2) is 6.95. The molecule has 0 N–H and O–H groups in total. The van der Waals surface area contributed by atoms with Gasteiger partial charge in [-0.3, -0.25) is 4.79 Å². The third kappa shape index (κ3) is 4.93. The van der Waals surface area contributed by atoms with E-state index < -0.39 is 0 Å². The lowest BCUT2D eigenvalue weighted by Gasteiger charge is -1.93. The maximum absolute atomic E-state index is 8.95. The van der Waals surface area contributed by atoms with E-state index >= 15 is 0 Å². The van der Waals surface area contributed by atoms with E-state index in [1.165, 1.54) is 13.3 Å². The van der Waals surface area contributed by atoms with Gasteiger partial charge in [-0.15, -0.1) is 0 Å². The van der Waals surface area contributed by atoms with Crippen molar-refractivity contribution in [2.45, 2.75) is 0 Å². The SMILES string of the molecule is COC=O.Clc1ccnc(Cl)c1Cl. The summed E-state index contributed by atoms with van der Waals surface area (Å²) >= 11 is 16.6. The zero-order chi connectivity index (χ0) is 10.3. The highest BCUT2D eigenvalue weighted by molar-refractivity contribution is 6.47. The molecule has 0 aliphatic heterocycles. The van der Waals surface area contributed by atoms with Gasteiger partial charge in [0.1, 0.15) is 5.15 Å². The molecule has 0 aliphatic carbocycles. The normalized spacial score (nSPS) is 8.31. The third-order valence-electron chi connectivity index (χ3n) is 0.896. The summed E-state index contributed by atoms with van der Waals surface area (Å²) in [4.78, 5) is 12.6. The molecule has 0 radical (unpaired) electrons. The van der Waals surface area contributed by atoms with Crippen molar-refractivity contribution in [2.75, 3.05) is 7.11 Å². The smallest absolute Gasteiger partial charge is 0.292 e. The number of pyridine rings is 1. The van der Waals surface area contributed by atoms with Gasteiger partial charge in [-0.25, -0.2) is 4.98 Å². The summed E-state index contributed by atoms with van der Waals surface area (Å²) in [6, 6.07) is 1.58. The fraction of sp³-hybridized carbons (Fsp3) is 0.143. The number of methoxy groups -OCH3 is 1. The van der Waals surface area contributed by atoms with E-state index in [0.29, 0.717) is 16.5 Å². The largest absolute Gasteiger partial charge is 0.471 e. The van der Waals surface area contributed by atoms with Crippen molar-refractivity contribution in [3.63, 3.8) is 0 Å². The van der Waals surface area contributed by atoms with E-state index in [4.69, 9.17) is 39.6 Å². The zero-order valence-electron chi connectivity index (χ0n) is 6.63. The molecule has 1 rings (SSSR count). The van der Waals surface area contributed by atoms with Crippen molar-refractivity contribution < 1.29 is 9.53 Å². The van der Waals surface area contributed by atoms with Gasteiger partial charge in [0.05, 0.1) is 17.2 Å². The average Bonchev–Trinajstić information content (AvgIpc) is 2.14. The van der Waals surface area contributed by atoms with Crippen LogP contribution < -0.4 is 0 Å². The Morgan fingerprint density at radius 2 is 2.00 bits per heavy atom. The molecule has 0 fully saturated rings. The van der Waals surface area contributed by atoms with Gasteiger partial charge >= 0.3 is 0 Å². The molecule has 1 aromatic heterocycles. The molecule has 0 spiro atoms. The second-order valence-electron chi connectivity index (χ2n) is 1.73. The van der Waals surface area contributed by atoms with Gasteiger partial charge in [0.25, 0.3) is 6.47 Å². The number of ether oxygens (including phenoxy) is 1. The Labute approximate surface area is 90.6 Å². The van der Waals surface area contributed by atoms with Crippen LogP contribution in [0.1, 0.15) is 0 Å². The molecule has 0 atom stereocenters. The van der Waals surface area contributed by atoms with Crippen molar-refractivity contribution in [1.82, 2.24) is 4.98 Å². The van der Waals surface area contributed by atoms with Gasteiger partial charge in [-0.2, -0.15) is 0 Å². The summed E-state index contributed by atoms with van der Waals surface area (Å²) in [6.07, 6.45) is 1.50. The highest BCUT2D eigenvalue weighted by Crippen LogP contribution is 2.26. The molecular formula is C7H6Cl3NO2. The standard InChI is InChI=1S/C5H2Cl3N.C2H4O2/c6-3-1-2-9-5(8)4(3)7;1-4-2-3/h1-2H;2H,1H3. The summed E-state index contributed by atoms with van der Waals surface area (Å²) in [5.74, 6) is 0. The first-order valence-corrected chi connectivity index (χ1v) is 4.18. The second-order valence-corrected chi connectivity index (χ2v) is 2.87. The molecule has 0 saturated heterocycles. The molecule has 0 bridgehead atoms. The Balaban J connectivity index is 0.000000310. The molecule has 0 saturated carbocycles. The van der Waals surface area contributed by atoms with Gasteiger partial charge in [0, 0.05) is 6.20 Å². The lowest BCUT2D eigenvalue weighted by atomic mass is 10.5. The van der Waals surface area contributed by atoms with Gasteiger partial charge in [-0.1, -0.05) is 34.8 Å².